The van der Waals surface area contributed by atoms with Gasteiger partial charge in [0, 0.05) is 19.7 Å². The van der Waals surface area contributed by atoms with Crippen LogP contribution in [0.1, 0.15) is 20.7 Å². The van der Waals surface area contributed by atoms with E-state index in [9.17, 15) is 19.5 Å². The molecule has 0 fully saturated rings. The molecule has 1 aromatic heterocycles. The molecule has 31 heavy (non-hydrogen) atoms. The second kappa shape index (κ2) is 7.32. The standard InChI is InChI=1S/C23H14Br2N2O4/c24-12-5-7-14-15-8-6-13(25)10-19(15)26(18(14)9-12)11-20(23(30)31)27-21(28)16-3-1-2-4-17(16)22(27)29/h1-10,20H,11H2,(H,30,31). The first-order valence-corrected chi connectivity index (χ1v) is 11.0. The molecule has 2 heterocycles. The highest BCUT2D eigenvalue weighted by Gasteiger charge is 2.43. The van der Waals surface area contributed by atoms with Crippen LogP contribution >= 0.6 is 31.9 Å². The van der Waals surface area contributed by atoms with Gasteiger partial charge in [0.15, 0.2) is 6.04 Å². The van der Waals surface area contributed by atoms with E-state index in [1.807, 2.05) is 41.0 Å². The highest BCUT2D eigenvalue weighted by molar-refractivity contribution is 9.10. The lowest BCUT2D eigenvalue weighted by atomic mass is 10.1. The van der Waals surface area contributed by atoms with Crippen LogP contribution in [-0.4, -0.2) is 38.4 Å². The van der Waals surface area contributed by atoms with Gasteiger partial charge in [0.1, 0.15) is 0 Å². The average Bonchev–Trinajstić information content (AvgIpc) is 3.17. The Labute approximate surface area is 193 Å². The zero-order valence-corrected chi connectivity index (χ0v) is 19.1. The molecule has 154 valence electrons. The van der Waals surface area contributed by atoms with Crippen LogP contribution < -0.4 is 0 Å². The van der Waals surface area contributed by atoms with Gasteiger partial charge in [0.2, 0.25) is 0 Å². The number of hydrogen-bond donors (Lipinski definition) is 1. The summed E-state index contributed by atoms with van der Waals surface area (Å²) in [6, 6.07) is 16.6. The molecule has 6 nitrogen and oxygen atoms in total. The number of hydrogen-bond acceptors (Lipinski definition) is 3. The molecule has 1 N–H and O–H groups in total. The van der Waals surface area contributed by atoms with Gasteiger partial charge in [-0.25, -0.2) is 4.79 Å². The summed E-state index contributed by atoms with van der Waals surface area (Å²) in [6.07, 6.45) is 0. The molecule has 5 rings (SSSR count). The molecule has 0 bridgehead atoms. The third kappa shape index (κ3) is 3.09. The van der Waals surface area contributed by atoms with Crippen molar-refractivity contribution in [3.8, 4) is 0 Å². The van der Waals surface area contributed by atoms with Crippen molar-refractivity contribution in [2.45, 2.75) is 12.6 Å². The van der Waals surface area contributed by atoms with Crippen LogP contribution in [0.25, 0.3) is 21.8 Å². The number of imide groups is 1. The number of nitrogens with zero attached hydrogens (tertiary/aromatic N) is 2. The first-order valence-electron chi connectivity index (χ1n) is 9.43. The van der Waals surface area contributed by atoms with Crippen molar-refractivity contribution in [3.05, 3.63) is 80.7 Å². The lowest BCUT2D eigenvalue weighted by Gasteiger charge is -2.24. The van der Waals surface area contributed by atoms with Gasteiger partial charge in [-0.05, 0) is 36.4 Å². The minimum Gasteiger partial charge on any atom is -0.480 e. The lowest BCUT2D eigenvalue weighted by molar-refractivity contribution is -0.142. The first kappa shape index (κ1) is 20.0. The second-order valence-electron chi connectivity index (χ2n) is 7.31. The number of halogens is 2. The Morgan fingerprint density at radius 2 is 1.32 bits per heavy atom. The normalized spacial score (nSPS) is 14.5. The molecule has 0 spiro atoms. The van der Waals surface area contributed by atoms with Crippen LogP contribution in [-0.2, 0) is 11.3 Å². The number of carboxylic acid groups (broad SMARTS) is 1. The summed E-state index contributed by atoms with van der Waals surface area (Å²) < 4.78 is 3.54. The van der Waals surface area contributed by atoms with Crippen molar-refractivity contribution < 1.29 is 19.5 Å². The van der Waals surface area contributed by atoms with Gasteiger partial charge in [-0.2, -0.15) is 0 Å². The second-order valence-corrected chi connectivity index (χ2v) is 9.14. The first-order chi connectivity index (χ1) is 14.9. The molecule has 0 saturated carbocycles. The van der Waals surface area contributed by atoms with E-state index < -0.39 is 23.8 Å². The zero-order chi connectivity index (χ0) is 21.9. The fraction of sp³-hybridized carbons (Fsp3) is 0.0870. The monoisotopic (exact) mass is 540 g/mol. The molecular formula is C23H14Br2N2O4. The number of benzene rings is 3. The fourth-order valence-electron chi connectivity index (χ4n) is 4.17. The number of carboxylic acids is 1. The van der Waals surface area contributed by atoms with Crippen LogP contribution in [0, 0.1) is 0 Å². The van der Waals surface area contributed by atoms with E-state index in [0.717, 1.165) is 35.7 Å². The van der Waals surface area contributed by atoms with Crippen molar-refractivity contribution in [2.24, 2.45) is 0 Å². The van der Waals surface area contributed by atoms with Gasteiger partial charge in [0.05, 0.1) is 28.7 Å². The van der Waals surface area contributed by atoms with Crippen LogP contribution in [0.15, 0.2) is 69.6 Å². The third-order valence-electron chi connectivity index (χ3n) is 5.57. The number of carbonyl (C=O) groups excluding carboxylic acids is 2. The van der Waals surface area contributed by atoms with Gasteiger partial charge < -0.3 is 9.67 Å². The Balaban J connectivity index is 1.68. The summed E-state index contributed by atoms with van der Waals surface area (Å²) in [5.74, 6) is -2.42. The van der Waals surface area contributed by atoms with Crippen LogP contribution in [0.2, 0.25) is 0 Å². The molecule has 0 radical (unpaired) electrons. The van der Waals surface area contributed by atoms with Crippen LogP contribution in [0.3, 0.4) is 0 Å². The van der Waals surface area contributed by atoms with Crippen molar-refractivity contribution in [1.82, 2.24) is 9.47 Å². The summed E-state index contributed by atoms with van der Waals surface area (Å²) in [7, 11) is 0. The topological polar surface area (TPSA) is 79.6 Å². The number of fused-ring (bicyclic) bond motifs is 4. The minimum atomic E-state index is -1.36. The van der Waals surface area contributed by atoms with Crippen LogP contribution in [0.4, 0.5) is 0 Å². The van der Waals surface area contributed by atoms with Crippen molar-refractivity contribution in [1.29, 1.82) is 0 Å². The molecule has 1 atom stereocenters. The highest BCUT2D eigenvalue weighted by Crippen LogP contribution is 2.34. The van der Waals surface area contributed by atoms with E-state index in [0.29, 0.717) is 0 Å². The van der Waals surface area contributed by atoms with Gasteiger partial charge in [0.25, 0.3) is 11.8 Å². The highest BCUT2D eigenvalue weighted by atomic mass is 79.9. The summed E-state index contributed by atoms with van der Waals surface area (Å²) in [6.45, 7) is -0.0757. The molecule has 1 aliphatic heterocycles. The molecular weight excluding hydrogens is 528 g/mol. The van der Waals surface area contributed by atoms with Crippen LogP contribution in [0.5, 0.6) is 0 Å². The van der Waals surface area contributed by atoms with E-state index in [-0.39, 0.29) is 17.7 Å². The number of rotatable bonds is 4. The van der Waals surface area contributed by atoms with E-state index in [1.54, 1.807) is 24.3 Å². The quantitative estimate of drug-likeness (QED) is 0.366. The predicted molar refractivity (Wildman–Crippen MR) is 123 cm³/mol. The van der Waals surface area contributed by atoms with E-state index in [4.69, 9.17) is 0 Å². The molecule has 1 unspecified atom stereocenters. The number of aliphatic carboxylic acids is 1. The molecule has 2 amide bonds. The minimum absolute atomic E-state index is 0.0757. The lowest BCUT2D eigenvalue weighted by Crippen LogP contribution is -2.47. The SMILES string of the molecule is O=C(O)C(Cn1c2cc(Br)ccc2c2ccc(Br)cc21)N1C(=O)c2ccccc2C1=O. The summed E-state index contributed by atoms with van der Waals surface area (Å²) >= 11 is 6.96. The average molecular weight is 542 g/mol. The van der Waals surface area contributed by atoms with Crippen molar-refractivity contribution in [3.63, 3.8) is 0 Å². The van der Waals surface area contributed by atoms with E-state index >= 15 is 0 Å². The van der Waals surface area contributed by atoms with E-state index in [2.05, 4.69) is 31.9 Å². The summed E-state index contributed by atoms with van der Waals surface area (Å²) in [5.41, 5.74) is 2.08. The predicted octanol–water partition coefficient (Wildman–Crippen LogP) is 5.07. The van der Waals surface area contributed by atoms with Gasteiger partial charge in [-0.3, -0.25) is 14.5 Å². The van der Waals surface area contributed by atoms with Crippen molar-refractivity contribution in [2.75, 3.05) is 0 Å². The zero-order valence-electron chi connectivity index (χ0n) is 15.9. The fourth-order valence-corrected chi connectivity index (χ4v) is 4.87. The Morgan fingerprint density at radius 1 is 0.839 bits per heavy atom. The number of aromatic nitrogens is 1. The summed E-state index contributed by atoms with van der Waals surface area (Å²) in [4.78, 5) is 39.0. The summed E-state index contributed by atoms with van der Waals surface area (Å²) in [5, 5.41) is 11.9. The Morgan fingerprint density at radius 3 is 1.77 bits per heavy atom. The molecule has 1 aliphatic rings. The largest absolute Gasteiger partial charge is 0.480 e. The molecule has 3 aromatic carbocycles. The number of amides is 2. The smallest absolute Gasteiger partial charge is 0.328 e. The molecule has 8 heteroatoms. The number of carbonyl (C=O) groups is 3. The maximum absolute atomic E-state index is 12.9. The van der Waals surface area contributed by atoms with Gasteiger partial charge in [-0.15, -0.1) is 0 Å². The molecule has 0 aliphatic carbocycles. The van der Waals surface area contributed by atoms with Gasteiger partial charge >= 0.3 is 5.97 Å². The Hall–Kier alpha value is -2.97. The Bertz CT molecular complexity index is 1330. The molecule has 0 saturated heterocycles. The van der Waals surface area contributed by atoms with Gasteiger partial charge in [-0.1, -0.05) is 56.1 Å². The van der Waals surface area contributed by atoms with Crippen molar-refractivity contribution >= 4 is 71.4 Å². The third-order valence-corrected chi connectivity index (χ3v) is 6.56. The van der Waals surface area contributed by atoms with E-state index in [1.165, 1.54) is 0 Å². The Kier molecular flexibility index (Phi) is 4.71. The molecule has 4 aromatic rings. The maximum Gasteiger partial charge on any atom is 0.328 e. The maximum atomic E-state index is 12.9.